The van der Waals surface area contributed by atoms with Crippen LogP contribution in [0.25, 0.3) is 0 Å². The Bertz CT molecular complexity index is 1110. The molecule has 1 aliphatic heterocycles. The zero-order valence-electron chi connectivity index (χ0n) is 16.5. The number of hydrogen-bond acceptors (Lipinski definition) is 5. The molecule has 2 aromatic rings. The van der Waals surface area contributed by atoms with Gasteiger partial charge in [0, 0.05) is 32.5 Å². The average molecular weight is 424 g/mol. The minimum atomic E-state index is -0.385. The Hall–Kier alpha value is -2.55. The lowest BCUT2D eigenvalue weighted by Gasteiger charge is -2.40. The van der Waals surface area contributed by atoms with Crippen molar-refractivity contribution >= 4 is 34.4 Å². The first-order valence-electron chi connectivity index (χ1n) is 9.77. The van der Waals surface area contributed by atoms with Gasteiger partial charge in [-0.05, 0) is 56.0 Å². The summed E-state index contributed by atoms with van der Waals surface area (Å²) in [5, 5.41) is 10.7. The van der Waals surface area contributed by atoms with Gasteiger partial charge in [-0.25, -0.2) is 0 Å². The molecule has 6 heteroatoms. The summed E-state index contributed by atoms with van der Waals surface area (Å²) < 4.78 is 0. The van der Waals surface area contributed by atoms with E-state index in [1.807, 2.05) is 36.1 Å². The van der Waals surface area contributed by atoms with Crippen LogP contribution in [0, 0.1) is 18.3 Å². The van der Waals surface area contributed by atoms with Crippen LogP contribution >= 0.6 is 22.9 Å². The molecule has 1 aromatic heterocycles. The number of ketones is 1. The third kappa shape index (κ3) is 3.17. The molecule has 4 nitrogen and oxygen atoms in total. The maximum Gasteiger partial charge on any atom is 0.161 e. The largest absolute Gasteiger partial charge is 0.384 e. The number of aryl methyl sites for hydroxylation is 1. The first kappa shape index (κ1) is 19.8. The Morgan fingerprint density at radius 3 is 2.79 bits per heavy atom. The van der Waals surface area contributed by atoms with Crippen LogP contribution in [0.1, 0.15) is 47.4 Å². The van der Waals surface area contributed by atoms with E-state index in [0.717, 1.165) is 41.1 Å². The van der Waals surface area contributed by atoms with Crippen molar-refractivity contribution in [2.24, 2.45) is 5.73 Å². The maximum absolute atomic E-state index is 13.1. The van der Waals surface area contributed by atoms with E-state index < -0.39 is 0 Å². The van der Waals surface area contributed by atoms with Crippen molar-refractivity contribution in [1.29, 1.82) is 5.26 Å². The van der Waals surface area contributed by atoms with Crippen LogP contribution in [-0.4, -0.2) is 5.78 Å². The lowest BCUT2D eigenvalue weighted by Crippen LogP contribution is -2.38. The molecule has 29 heavy (non-hydrogen) atoms. The number of nitrogens with zero attached hydrogens (tertiary/aromatic N) is 2. The highest BCUT2D eigenvalue weighted by atomic mass is 35.5. The molecular formula is C23H22ClN3OS. The summed E-state index contributed by atoms with van der Waals surface area (Å²) in [6.45, 7) is 4.03. The molecular weight excluding hydrogens is 402 g/mol. The van der Waals surface area contributed by atoms with Crippen molar-refractivity contribution in [2.75, 3.05) is 4.90 Å². The highest BCUT2D eigenvalue weighted by Crippen LogP contribution is 2.48. The van der Waals surface area contributed by atoms with Crippen LogP contribution in [0.5, 0.6) is 0 Å². The van der Waals surface area contributed by atoms with E-state index in [0.29, 0.717) is 28.4 Å². The van der Waals surface area contributed by atoms with Gasteiger partial charge in [0.25, 0.3) is 0 Å². The number of carbonyl (C=O) groups is 1. The molecule has 1 aromatic carbocycles. The molecule has 0 radical (unpaired) electrons. The number of hydrogen-bond donors (Lipinski definition) is 1. The predicted octanol–water partition coefficient (Wildman–Crippen LogP) is 5.58. The second-order valence-electron chi connectivity index (χ2n) is 7.36. The normalized spacial score (nSPS) is 19.4. The van der Waals surface area contributed by atoms with E-state index in [4.69, 9.17) is 17.3 Å². The monoisotopic (exact) mass is 423 g/mol. The number of halogens is 1. The number of benzene rings is 1. The van der Waals surface area contributed by atoms with Gasteiger partial charge in [-0.3, -0.25) is 9.69 Å². The number of nitrogens with two attached hydrogens (primary N) is 1. The Balaban J connectivity index is 1.98. The summed E-state index contributed by atoms with van der Waals surface area (Å²) in [7, 11) is 0. The zero-order valence-corrected chi connectivity index (χ0v) is 18.0. The SMILES string of the molecule is CCc1ccc([C@H]2C(C#N)=C(N)N(c3cccc(Cl)c3C)C3=C2C(=O)CCC3)s1. The quantitative estimate of drug-likeness (QED) is 0.699. The van der Waals surface area contributed by atoms with Crippen LogP contribution in [-0.2, 0) is 11.2 Å². The Morgan fingerprint density at radius 1 is 1.31 bits per heavy atom. The molecule has 2 aliphatic rings. The van der Waals surface area contributed by atoms with Gasteiger partial charge in [0.05, 0.1) is 23.2 Å². The van der Waals surface area contributed by atoms with E-state index in [1.54, 1.807) is 11.3 Å². The van der Waals surface area contributed by atoms with Crippen LogP contribution in [0.2, 0.25) is 5.02 Å². The van der Waals surface area contributed by atoms with Gasteiger partial charge >= 0.3 is 0 Å². The summed E-state index contributed by atoms with van der Waals surface area (Å²) in [5.41, 5.74) is 10.4. The second kappa shape index (κ2) is 7.70. The predicted molar refractivity (Wildman–Crippen MR) is 118 cm³/mol. The van der Waals surface area contributed by atoms with Gasteiger partial charge in [0.1, 0.15) is 5.82 Å². The second-order valence-corrected chi connectivity index (χ2v) is 8.96. The molecule has 0 bridgehead atoms. The lowest BCUT2D eigenvalue weighted by molar-refractivity contribution is -0.116. The van der Waals surface area contributed by atoms with E-state index in [9.17, 15) is 10.1 Å². The fraction of sp³-hybridized carbons (Fsp3) is 0.304. The number of rotatable bonds is 3. The molecule has 2 N–H and O–H groups in total. The number of anilines is 1. The van der Waals surface area contributed by atoms with Crippen molar-refractivity contribution in [3.8, 4) is 6.07 Å². The molecule has 2 heterocycles. The van der Waals surface area contributed by atoms with Crippen molar-refractivity contribution in [1.82, 2.24) is 0 Å². The molecule has 4 rings (SSSR count). The smallest absolute Gasteiger partial charge is 0.161 e. The van der Waals surface area contributed by atoms with Gasteiger partial charge in [0.15, 0.2) is 5.78 Å². The topological polar surface area (TPSA) is 70.1 Å². The van der Waals surface area contributed by atoms with Gasteiger partial charge in [0.2, 0.25) is 0 Å². The standard InChI is InChI=1S/C23H22ClN3OS/c1-3-14-10-11-20(29-14)21-15(12-25)23(26)27(17-7-4-6-16(24)13(17)2)18-8-5-9-19(28)22(18)21/h4,6-7,10-11,21H,3,5,8-9,26H2,1-2H3/t21-/m1/s1. The lowest BCUT2D eigenvalue weighted by atomic mass is 9.78. The Morgan fingerprint density at radius 2 is 2.10 bits per heavy atom. The minimum Gasteiger partial charge on any atom is -0.384 e. The summed E-state index contributed by atoms with van der Waals surface area (Å²) in [6.07, 6.45) is 2.95. The first-order chi connectivity index (χ1) is 14.0. The van der Waals surface area contributed by atoms with Crippen molar-refractivity contribution in [2.45, 2.75) is 45.4 Å². The van der Waals surface area contributed by atoms with Crippen LogP contribution in [0.3, 0.4) is 0 Å². The molecule has 0 saturated carbocycles. The number of thiophene rings is 1. The first-order valence-corrected chi connectivity index (χ1v) is 11.0. The fourth-order valence-electron chi connectivity index (χ4n) is 4.22. The Kier molecular flexibility index (Phi) is 5.24. The van der Waals surface area contributed by atoms with E-state index >= 15 is 0 Å². The van der Waals surface area contributed by atoms with Crippen LogP contribution in [0.15, 0.2) is 53.0 Å². The fourth-order valence-corrected chi connectivity index (χ4v) is 5.47. The number of allylic oxidation sites excluding steroid dienone is 3. The van der Waals surface area contributed by atoms with E-state index in [-0.39, 0.29) is 11.7 Å². The molecule has 1 atom stereocenters. The van der Waals surface area contributed by atoms with E-state index in [1.165, 1.54) is 4.88 Å². The maximum atomic E-state index is 13.1. The number of carbonyl (C=O) groups excluding carboxylic acids is 1. The summed E-state index contributed by atoms with van der Waals surface area (Å²) >= 11 is 8.02. The van der Waals surface area contributed by atoms with Gasteiger partial charge < -0.3 is 5.73 Å². The number of nitriles is 1. The van der Waals surface area contributed by atoms with Crippen molar-refractivity contribution in [3.05, 3.63) is 73.3 Å². The summed E-state index contributed by atoms with van der Waals surface area (Å²) in [6, 6.07) is 12.1. The molecule has 148 valence electrons. The third-order valence-corrected chi connectivity index (χ3v) is 7.41. The van der Waals surface area contributed by atoms with Crippen molar-refractivity contribution in [3.63, 3.8) is 0 Å². The third-order valence-electron chi connectivity index (χ3n) is 5.71. The molecule has 0 amide bonds. The molecule has 0 unspecified atom stereocenters. The zero-order chi connectivity index (χ0) is 20.7. The minimum absolute atomic E-state index is 0.104. The highest BCUT2D eigenvalue weighted by Gasteiger charge is 2.41. The number of Topliss-reactive ketones (excluding diaryl/α,β-unsaturated/α-hetero) is 1. The van der Waals surface area contributed by atoms with Gasteiger partial charge in [-0.1, -0.05) is 24.6 Å². The molecule has 0 spiro atoms. The molecule has 1 aliphatic carbocycles. The van der Waals surface area contributed by atoms with Crippen LogP contribution < -0.4 is 10.6 Å². The Labute approximate surface area is 179 Å². The molecule has 0 fully saturated rings. The average Bonchev–Trinajstić information content (AvgIpc) is 3.19. The highest BCUT2D eigenvalue weighted by molar-refractivity contribution is 7.12. The van der Waals surface area contributed by atoms with Crippen LogP contribution in [0.4, 0.5) is 5.69 Å². The van der Waals surface area contributed by atoms with Gasteiger partial charge in [-0.2, -0.15) is 5.26 Å². The molecule has 0 saturated heterocycles. The summed E-state index contributed by atoms with van der Waals surface area (Å²) in [4.78, 5) is 17.2. The van der Waals surface area contributed by atoms with E-state index in [2.05, 4.69) is 19.1 Å². The van der Waals surface area contributed by atoms with Crippen molar-refractivity contribution < 1.29 is 4.79 Å². The summed E-state index contributed by atoms with van der Waals surface area (Å²) in [5.74, 6) is 0.110. The van der Waals surface area contributed by atoms with Gasteiger partial charge in [-0.15, -0.1) is 11.3 Å².